The molecule has 0 radical (unpaired) electrons. The number of hydrogen-bond acceptors (Lipinski definition) is 1. The molecule has 7 rings (SSSR count). The van der Waals surface area contributed by atoms with Gasteiger partial charge in [-0.3, -0.25) is 4.79 Å². The number of aryl methyl sites for hydroxylation is 1. The zero-order valence-electron chi connectivity index (χ0n) is 16.4. The maximum absolute atomic E-state index is 13.7. The summed E-state index contributed by atoms with van der Waals surface area (Å²) in [7, 11) is 0. The van der Waals surface area contributed by atoms with E-state index >= 15 is 0 Å². The van der Waals surface area contributed by atoms with Gasteiger partial charge < -0.3 is 9.88 Å². The van der Waals surface area contributed by atoms with E-state index in [4.69, 9.17) is 0 Å². The van der Waals surface area contributed by atoms with E-state index in [1.54, 1.807) is 0 Å². The summed E-state index contributed by atoms with van der Waals surface area (Å²) in [4.78, 5) is 19.6. The lowest BCUT2D eigenvalue weighted by Gasteiger charge is -2.56. The maximum Gasteiger partial charge on any atom is 0.228 e. The van der Waals surface area contributed by atoms with E-state index in [0.29, 0.717) is 5.91 Å². The molecule has 4 saturated carbocycles. The molecule has 3 nitrogen and oxygen atoms in total. The summed E-state index contributed by atoms with van der Waals surface area (Å²) >= 11 is 0. The third-order valence-electron chi connectivity index (χ3n) is 8.19. The van der Waals surface area contributed by atoms with Gasteiger partial charge in [0.25, 0.3) is 0 Å². The molecule has 142 valence electrons. The van der Waals surface area contributed by atoms with Crippen LogP contribution in [0.1, 0.15) is 55.3 Å². The van der Waals surface area contributed by atoms with Gasteiger partial charge in [-0.15, -0.1) is 0 Å². The minimum Gasteiger partial charge on any atom is -0.358 e. The van der Waals surface area contributed by atoms with Gasteiger partial charge in [0.2, 0.25) is 5.91 Å². The van der Waals surface area contributed by atoms with Crippen LogP contribution in [0.5, 0.6) is 0 Å². The minimum absolute atomic E-state index is 0.00541. The highest BCUT2D eigenvalue weighted by Gasteiger charge is 2.55. The Hall–Kier alpha value is -1.77. The molecule has 1 N–H and O–H groups in total. The second-order valence-corrected chi connectivity index (χ2v) is 10.1. The number of rotatable bonds is 1. The van der Waals surface area contributed by atoms with Gasteiger partial charge in [0, 0.05) is 36.1 Å². The molecule has 0 atom stereocenters. The first kappa shape index (κ1) is 16.2. The molecule has 0 spiro atoms. The summed E-state index contributed by atoms with van der Waals surface area (Å²) in [6.07, 6.45) is 9.73. The van der Waals surface area contributed by atoms with Crippen LogP contribution in [-0.4, -0.2) is 28.9 Å². The zero-order chi connectivity index (χ0) is 18.2. The van der Waals surface area contributed by atoms with Crippen molar-refractivity contribution in [2.45, 2.75) is 58.3 Å². The molecule has 0 saturated heterocycles. The molecule has 1 amide bonds. The Bertz CT molecular complexity index is 889. The van der Waals surface area contributed by atoms with Gasteiger partial charge in [-0.2, -0.15) is 0 Å². The van der Waals surface area contributed by atoms with E-state index in [0.717, 1.165) is 43.7 Å². The number of fused-ring (bicyclic) bond motifs is 3. The fourth-order valence-electron chi connectivity index (χ4n) is 7.43. The predicted molar refractivity (Wildman–Crippen MR) is 108 cm³/mol. The first-order valence-corrected chi connectivity index (χ1v) is 11.0. The first-order chi connectivity index (χ1) is 13.1. The SMILES string of the molecule is Cc1ccc2[nH]c3c(c2c1)CCN(C(=O)C12CC4CC(CC(C4)C1)C2)CC3. The first-order valence-electron chi connectivity index (χ1n) is 11.0. The second-order valence-electron chi connectivity index (χ2n) is 10.1. The van der Waals surface area contributed by atoms with Crippen LogP contribution in [0.25, 0.3) is 10.9 Å². The summed E-state index contributed by atoms with van der Waals surface area (Å²) < 4.78 is 0. The van der Waals surface area contributed by atoms with Crippen molar-refractivity contribution in [3.63, 3.8) is 0 Å². The molecular formula is C24H30N2O. The van der Waals surface area contributed by atoms with Gasteiger partial charge in [0.15, 0.2) is 0 Å². The number of benzene rings is 1. The average Bonchev–Trinajstić information content (AvgIpc) is 2.83. The fourth-order valence-corrected chi connectivity index (χ4v) is 7.43. The van der Waals surface area contributed by atoms with Crippen LogP contribution in [-0.2, 0) is 17.6 Å². The quantitative estimate of drug-likeness (QED) is 0.789. The number of aromatic nitrogens is 1. The fraction of sp³-hybridized carbons (Fsp3) is 0.625. The molecule has 1 aromatic carbocycles. The van der Waals surface area contributed by atoms with Gasteiger partial charge in [0.1, 0.15) is 0 Å². The molecule has 1 aromatic heterocycles. The van der Waals surface area contributed by atoms with Crippen LogP contribution in [0, 0.1) is 30.1 Å². The Morgan fingerprint density at radius 3 is 2.41 bits per heavy atom. The molecule has 27 heavy (non-hydrogen) atoms. The number of nitrogens with zero attached hydrogens (tertiary/aromatic N) is 1. The molecule has 2 aromatic rings. The third kappa shape index (κ3) is 2.43. The van der Waals surface area contributed by atoms with Crippen LogP contribution in [0.4, 0.5) is 0 Å². The van der Waals surface area contributed by atoms with Crippen molar-refractivity contribution in [1.29, 1.82) is 0 Å². The van der Waals surface area contributed by atoms with Gasteiger partial charge in [-0.05, 0) is 87.3 Å². The lowest BCUT2D eigenvalue weighted by Crippen LogP contribution is -2.55. The number of carbonyl (C=O) groups excluding carboxylic acids is 1. The maximum atomic E-state index is 13.7. The van der Waals surface area contributed by atoms with Crippen molar-refractivity contribution in [2.24, 2.45) is 23.2 Å². The highest BCUT2D eigenvalue weighted by atomic mass is 16.2. The monoisotopic (exact) mass is 362 g/mol. The molecule has 0 unspecified atom stereocenters. The third-order valence-corrected chi connectivity index (χ3v) is 8.19. The molecule has 2 heterocycles. The molecule has 4 bridgehead atoms. The molecule has 5 aliphatic rings. The van der Waals surface area contributed by atoms with Crippen LogP contribution in [0.3, 0.4) is 0 Å². The van der Waals surface area contributed by atoms with Crippen molar-refractivity contribution in [2.75, 3.05) is 13.1 Å². The van der Waals surface area contributed by atoms with Gasteiger partial charge in [-0.25, -0.2) is 0 Å². The topological polar surface area (TPSA) is 36.1 Å². The van der Waals surface area contributed by atoms with E-state index < -0.39 is 0 Å². The van der Waals surface area contributed by atoms with Crippen molar-refractivity contribution in [3.8, 4) is 0 Å². The number of carbonyl (C=O) groups is 1. The lowest BCUT2D eigenvalue weighted by atomic mass is 9.49. The van der Waals surface area contributed by atoms with E-state index in [-0.39, 0.29) is 5.41 Å². The van der Waals surface area contributed by atoms with Crippen molar-refractivity contribution >= 4 is 16.8 Å². The highest BCUT2D eigenvalue weighted by molar-refractivity contribution is 5.86. The van der Waals surface area contributed by atoms with Crippen LogP contribution in [0.15, 0.2) is 18.2 Å². The van der Waals surface area contributed by atoms with Crippen LogP contribution >= 0.6 is 0 Å². The summed E-state index contributed by atoms with van der Waals surface area (Å²) in [5, 5.41) is 1.37. The molecular weight excluding hydrogens is 332 g/mol. The van der Waals surface area contributed by atoms with E-state index in [1.807, 2.05) is 0 Å². The predicted octanol–water partition coefficient (Wildman–Crippen LogP) is 4.62. The highest BCUT2D eigenvalue weighted by Crippen LogP contribution is 2.60. The Morgan fingerprint density at radius 2 is 1.70 bits per heavy atom. The number of nitrogens with one attached hydrogen (secondary N) is 1. The second kappa shape index (κ2) is 5.62. The van der Waals surface area contributed by atoms with Crippen molar-refractivity contribution < 1.29 is 4.79 Å². The molecule has 1 aliphatic heterocycles. The van der Waals surface area contributed by atoms with Crippen molar-refractivity contribution in [1.82, 2.24) is 9.88 Å². The Morgan fingerprint density at radius 1 is 1.04 bits per heavy atom. The largest absolute Gasteiger partial charge is 0.358 e. The van der Waals surface area contributed by atoms with E-state index in [2.05, 4.69) is 35.0 Å². The summed E-state index contributed by atoms with van der Waals surface area (Å²) in [6.45, 7) is 3.95. The van der Waals surface area contributed by atoms with Crippen LogP contribution < -0.4 is 0 Å². The zero-order valence-corrected chi connectivity index (χ0v) is 16.4. The van der Waals surface area contributed by atoms with Crippen molar-refractivity contribution in [3.05, 3.63) is 35.0 Å². The number of aromatic amines is 1. The summed E-state index contributed by atoms with van der Waals surface area (Å²) in [5.74, 6) is 3.03. The smallest absolute Gasteiger partial charge is 0.228 e. The Labute approximate surface area is 161 Å². The van der Waals surface area contributed by atoms with Crippen LogP contribution in [0.2, 0.25) is 0 Å². The average molecular weight is 363 g/mol. The van der Waals surface area contributed by atoms with E-state index in [1.165, 1.54) is 66.2 Å². The Kier molecular flexibility index (Phi) is 3.37. The van der Waals surface area contributed by atoms with Gasteiger partial charge >= 0.3 is 0 Å². The molecule has 4 fully saturated rings. The summed E-state index contributed by atoms with van der Waals surface area (Å²) in [5.41, 5.74) is 5.39. The number of H-pyrrole nitrogens is 1. The molecule has 4 aliphatic carbocycles. The Balaban J connectivity index is 1.27. The lowest BCUT2D eigenvalue weighted by molar-refractivity contribution is -0.157. The number of amides is 1. The standard InChI is InChI=1S/C24H30N2O/c1-15-2-3-21-20(8-15)19-4-6-26(7-5-22(19)25-21)23(27)24-12-16-9-17(13-24)11-18(10-16)14-24/h2-3,8,16-18,25H,4-7,9-14H2,1H3. The van der Waals surface area contributed by atoms with Gasteiger partial charge in [-0.1, -0.05) is 11.6 Å². The normalized spacial score (nSPS) is 34.7. The van der Waals surface area contributed by atoms with Gasteiger partial charge in [0.05, 0.1) is 5.41 Å². The summed E-state index contributed by atoms with van der Waals surface area (Å²) in [6, 6.07) is 6.69. The number of hydrogen-bond donors (Lipinski definition) is 1. The minimum atomic E-state index is 0.00541. The van der Waals surface area contributed by atoms with E-state index in [9.17, 15) is 4.79 Å². The molecule has 3 heteroatoms.